The standard InChI is InChI=1S/C15H12N2S/c16-10-4-7-13-8-9-15(17-11-13)18-12-14-5-2-1-3-6-14/h1-9,11H,12H2. The zero-order chi connectivity index (χ0) is 12.6. The van der Waals surface area contributed by atoms with Crippen LogP contribution in [0.1, 0.15) is 11.1 Å². The normalized spacial score (nSPS) is 10.4. The van der Waals surface area contributed by atoms with E-state index in [4.69, 9.17) is 5.26 Å². The number of hydrogen-bond donors (Lipinski definition) is 0. The predicted molar refractivity (Wildman–Crippen MR) is 74.9 cm³/mol. The van der Waals surface area contributed by atoms with E-state index in [2.05, 4.69) is 17.1 Å². The van der Waals surface area contributed by atoms with Crippen molar-refractivity contribution in [3.63, 3.8) is 0 Å². The molecule has 0 aliphatic rings. The summed E-state index contributed by atoms with van der Waals surface area (Å²) >= 11 is 1.71. The lowest BCUT2D eigenvalue weighted by Crippen LogP contribution is -1.83. The summed E-state index contributed by atoms with van der Waals surface area (Å²) in [5.41, 5.74) is 2.23. The molecule has 2 nitrogen and oxygen atoms in total. The molecule has 1 aromatic heterocycles. The van der Waals surface area contributed by atoms with Crippen LogP contribution in [0, 0.1) is 11.3 Å². The predicted octanol–water partition coefficient (Wildman–Crippen LogP) is 3.91. The van der Waals surface area contributed by atoms with Crippen LogP contribution < -0.4 is 0 Å². The topological polar surface area (TPSA) is 36.7 Å². The minimum Gasteiger partial charge on any atom is -0.249 e. The first-order valence-corrected chi connectivity index (χ1v) is 6.56. The molecule has 18 heavy (non-hydrogen) atoms. The number of aromatic nitrogens is 1. The maximum atomic E-state index is 8.43. The number of thioether (sulfide) groups is 1. The zero-order valence-corrected chi connectivity index (χ0v) is 10.6. The molecule has 0 fully saturated rings. The van der Waals surface area contributed by atoms with Gasteiger partial charge in [0.1, 0.15) is 0 Å². The summed E-state index contributed by atoms with van der Waals surface area (Å²) in [5.74, 6) is 0.918. The van der Waals surface area contributed by atoms with Crippen LogP contribution >= 0.6 is 11.8 Å². The van der Waals surface area contributed by atoms with E-state index >= 15 is 0 Å². The van der Waals surface area contributed by atoms with Crippen LogP contribution in [0.15, 0.2) is 59.8 Å². The van der Waals surface area contributed by atoms with E-state index < -0.39 is 0 Å². The largest absolute Gasteiger partial charge is 0.249 e. The molecule has 0 spiro atoms. The second-order valence-electron chi connectivity index (χ2n) is 3.67. The highest BCUT2D eigenvalue weighted by molar-refractivity contribution is 7.98. The minimum absolute atomic E-state index is 0.918. The van der Waals surface area contributed by atoms with Gasteiger partial charge in [-0.25, -0.2) is 4.98 Å². The molecular formula is C15H12N2S. The molecular weight excluding hydrogens is 240 g/mol. The van der Waals surface area contributed by atoms with Gasteiger partial charge in [0, 0.05) is 18.0 Å². The highest BCUT2D eigenvalue weighted by Gasteiger charge is 1.97. The summed E-state index contributed by atoms with van der Waals surface area (Å²) in [6.45, 7) is 0. The van der Waals surface area contributed by atoms with Gasteiger partial charge in [0.2, 0.25) is 0 Å². The highest BCUT2D eigenvalue weighted by atomic mass is 32.2. The van der Waals surface area contributed by atoms with Gasteiger partial charge in [0.05, 0.1) is 11.1 Å². The van der Waals surface area contributed by atoms with Crippen LogP contribution in [-0.2, 0) is 5.75 Å². The summed E-state index contributed by atoms with van der Waals surface area (Å²) in [6.07, 6.45) is 4.98. The first-order valence-electron chi connectivity index (χ1n) is 5.57. The van der Waals surface area contributed by atoms with Crippen LogP contribution in [0.4, 0.5) is 0 Å². The summed E-state index contributed by atoms with van der Waals surface area (Å²) in [5, 5.41) is 9.42. The van der Waals surface area contributed by atoms with E-state index in [0.29, 0.717) is 0 Å². The average Bonchev–Trinajstić information content (AvgIpc) is 2.45. The summed E-state index contributed by atoms with van der Waals surface area (Å²) < 4.78 is 0. The van der Waals surface area contributed by atoms with Crippen molar-refractivity contribution in [2.75, 3.05) is 0 Å². The molecule has 1 heterocycles. The molecule has 0 bridgehead atoms. The van der Waals surface area contributed by atoms with Crippen molar-refractivity contribution in [3.05, 3.63) is 65.9 Å². The van der Waals surface area contributed by atoms with Crippen LogP contribution in [0.5, 0.6) is 0 Å². The molecule has 0 aliphatic carbocycles. The fraction of sp³-hybridized carbons (Fsp3) is 0.0667. The lowest BCUT2D eigenvalue weighted by Gasteiger charge is -2.01. The fourth-order valence-electron chi connectivity index (χ4n) is 1.44. The first-order chi connectivity index (χ1) is 8.88. The van der Waals surface area contributed by atoms with Gasteiger partial charge in [0.15, 0.2) is 0 Å². The quantitative estimate of drug-likeness (QED) is 0.611. The molecule has 0 saturated carbocycles. The first kappa shape index (κ1) is 12.4. The maximum Gasteiger partial charge on any atom is 0.0963 e. The Morgan fingerprint density at radius 2 is 2.00 bits per heavy atom. The lowest BCUT2D eigenvalue weighted by molar-refractivity contribution is 1.13. The minimum atomic E-state index is 0.918. The van der Waals surface area contributed by atoms with Crippen molar-refractivity contribution in [1.29, 1.82) is 5.26 Å². The molecule has 0 unspecified atom stereocenters. The van der Waals surface area contributed by atoms with Crippen molar-refractivity contribution in [2.45, 2.75) is 10.8 Å². The van der Waals surface area contributed by atoms with Gasteiger partial charge in [0.25, 0.3) is 0 Å². The number of benzene rings is 1. The molecule has 0 atom stereocenters. The number of nitriles is 1. The van der Waals surface area contributed by atoms with E-state index in [1.54, 1.807) is 24.0 Å². The smallest absolute Gasteiger partial charge is 0.0963 e. The molecule has 1 aromatic carbocycles. The number of hydrogen-bond acceptors (Lipinski definition) is 3. The number of allylic oxidation sites excluding steroid dienone is 1. The van der Waals surface area contributed by atoms with E-state index in [0.717, 1.165) is 16.3 Å². The third-order valence-corrected chi connectivity index (χ3v) is 3.35. The Hall–Kier alpha value is -2.05. The third-order valence-electron chi connectivity index (χ3n) is 2.34. The van der Waals surface area contributed by atoms with Crippen LogP contribution in [0.2, 0.25) is 0 Å². The van der Waals surface area contributed by atoms with Crippen LogP contribution in [0.3, 0.4) is 0 Å². The molecule has 0 saturated heterocycles. The Kier molecular flexibility index (Phi) is 4.57. The second kappa shape index (κ2) is 6.63. The molecule has 88 valence electrons. The number of rotatable bonds is 4. The van der Waals surface area contributed by atoms with E-state index in [9.17, 15) is 0 Å². The Morgan fingerprint density at radius 3 is 2.67 bits per heavy atom. The molecule has 0 amide bonds. The van der Waals surface area contributed by atoms with Crippen molar-refractivity contribution >= 4 is 17.8 Å². The lowest BCUT2D eigenvalue weighted by atomic mass is 10.2. The summed E-state index contributed by atoms with van der Waals surface area (Å²) in [4.78, 5) is 4.35. The molecule has 2 aromatic rings. The Balaban J connectivity index is 1.95. The van der Waals surface area contributed by atoms with Gasteiger partial charge in [-0.15, -0.1) is 11.8 Å². The van der Waals surface area contributed by atoms with Crippen molar-refractivity contribution < 1.29 is 0 Å². The Labute approximate surface area is 111 Å². The van der Waals surface area contributed by atoms with E-state index in [-0.39, 0.29) is 0 Å². The van der Waals surface area contributed by atoms with Crippen molar-refractivity contribution in [1.82, 2.24) is 4.98 Å². The van der Waals surface area contributed by atoms with Gasteiger partial charge in [-0.3, -0.25) is 0 Å². The molecule has 0 radical (unpaired) electrons. The highest BCUT2D eigenvalue weighted by Crippen LogP contribution is 2.20. The molecule has 0 aliphatic heterocycles. The summed E-state index contributed by atoms with van der Waals surface area (Å²) in [7, 11) is 0. The van der Waals surface area contributed by atoms with Gasteiger partial charge in [-0.2, -0.15) is 5.26 Å². The average molecular weight is 252 g/mol. The number of pyridine rings is 1. The molecule has 2 rings (SSSR count). The van der Waals surface area contributed by atoms with Crippen LogP contribution in [-0.4, -0.2) is 4.98 Å². The van der Waals surface area contributed by atoms with Gasteiger partial charge >= 0.3 is 0 Å². The van der Waals surface area contributed by atoms with Crippen LogP contribution in [0.25, 0.3) is 6.08 Å². The Morgan fingerprint density at radius 1 is 1.17 bits per heavy atom. The fourth-order valence-corrected chi connectivity index (χ4v) is 2.24. The Bertz CT molecular complexity index is 553. The zero-order valence-electron chi connectivity index (χ0n) is 9.78. The van der Waals surface area contributed by atoms with Crippen molar-refractivity contribution in [2.24, 2.45) is 0 Å². The molecule has 0 N–H and O–H groups in total. The SMILES string of the molecule is N#CC=Cc1ccc(SCc2ccccc2)nc1. The van der Waals surface area contributed by atoms with Gasteiger partial charge in [-0.1, -0.05) is 36.4 Å². The van der Waals surface area contributed by atoms with Crippen molar-refractivity contribution in [3.8, 4) is 6.07 Å². The molecule has 3 heteroatoms. The van der Waals surface area contributed by atoms with Gasteiger partial charge in [-0.05, 0) is 23.3 Å². The summed E-state index contributed by atoms with van der Waals surface area (Å²) in [6, 6.07) is 16.2. The van der Waals surface area contributed by atoms with Gasteiger partial charge < -0.3 is 0 Å². The number of nitrogens with zero attached hydrogens (tertiary/aromatic N) is 2. The maximum absolute atomic E-state index is 8.43. The monoisotopic (exact) mass is 252 g/mol. The third kappa shape index (κ3) is 3.76. The van der Waals surface area contributed by atoms with E-state index in [1.807, 2.05) is 36.4 Å². The second-order valence-corrected chi connectivity index (χ2v) is 4.66. The van der Waals surface area contributed by atoms with E-state index in [1.165, 1.54) is 11.6 Å².